The Bertz CT molecular complexity index is 367. The minimum atomic E-state index is -0.817. The molecule has 0 aliphatic rings. The number of carbonyl (C=O) groups is 2. The minimum absolute atomic E-state index is 0.183. The van der Waals surface area contributed by atoms with Crippen molar-refractivity contribution in [2.24, 2.45) is 0 Å². The molecule has 0 aliphatic heterocycles. The molecule has 0 unspecified atom stereocenters. The summed E-state index contributed by atoms with van der Waals surface area (Å²) in [6.45, 7) is 0. The van der Waals surface area contributed by atoms with Crippen LogP contribution in [0.1, 0.15) is 10.4 Å². The highest BCUT2D eigenvalue weighted by molar-refractivity contribution is 6.29. The maximum absolute atomic E-state index is 11.3. The smallest absolute Gasteiger partial charge is 0.413 e. The molecule has 14 heavy (non-hydrogen) atoms. The normalized spacial score (nSPS) is 9.29. The van der Waals surface area contributed by atoms with E-state index in [1.54, 1.807) is 0 Å². The van der Waals surface area contributed by atoms with E-state index in [0.717, 1.165) is 0 Å². The molecule has 1 aromatic heterocycles. The molecule has 0 bridgehead atoms. The van der Waals surface area contributed by atoms with Gasteiger partial charge in [0.1, 0.15) is 5.15 Å². The number of ether oxygens (including phenoxy) is 1. The number of halogens is 1. The van der Waals surface area contributed by atoms with Crippen LogP contribution in [-0.2, 0) is 4.74 Å². The lowest BCUT2D eigenvalue weighted by Crippen LogP contribution is -2.30. The number of carbonyl (C=O) groups excluding carboxylic acids is 2. The number of methoxy groups -OCH3 is 1. The average Bonchev–Trinajstić information content (AvgIpc) is 2.17. The molecule has 0 radical (unpaired) electrons. The fraction of sp³-hybridized carbons (Fsp3) is 0.125. The molecular weight excluding hydrogens is 208 g/mol. The Morgan fingerprint density at radius 2 is 2.29 bits per heavy atom. The van der Waals surface area contributed by atoms with E-state index in [2.05, 4.69) is 9.72 Å². The van der Waals surface area contributed by atoms with Crippen LogP contribution in [0.4, 0.5) is 4.79 Å². The van der Waals surface area contributed by atoms with Crippen LogP contribution in [0.25, 0.3) is 0 Å². The molecule has 0 saturated carbocycles. The summed E-state index contributed by atoms with van der Waals surface area (Å²) < 4.78 is 4.25. The van der Waals surface area contributed by atoms with Crippen LogP contribution in [0, 0.1) is 0 Å². The summed E-state index contributed by atoms with van der Waals surface area (Å²) >= 11 is 5.55. The quantitative estimate of drug-likeness (QED) is 0.714. The highest BCUT2D eigenvalue weighted by atomic mass is 35.5. The molecule has 0 aliphatic carbocycles. The van der Waals surface area contributed by atoms with Gasteiger partial charge in [-0.2, -0.15) is 0 Å². The third kappa shape index (κ3) is 2.70. The third-order valence-electron chi connectivity index (χ3n) is 1.39. The van der Waals surface area contributed by atoms with Crippen molar-refractivity contribution in [3.05, 3.63) is 29.0 Å². The van der Waals surface area contributed by atoms with Crippen LogP contribution >= 0.6 is 11.6 Å². The van der Waals surface area contributed by atoms with Gasteiger partial charge in [-0.05, 0) is 12.1 Å². The lowest BCUT2D eigenvalue weighted by molar-refractivity contribution is 0.0937. The fourth-order valence-electron chi connectivity index (χ4n) is 0.760. The summed E-state index contributed by atoms with van der Waals surface area (Å²) in [5.74, 6) is -0.582. The Labute approximate surface area is 85.0 Å². The summed E-state index contributed by atoms with van der Waals surface area (Å²) in [6.07, 6.45) is 0.553. The lowest BCUT2D eigenvalue weighted by Gasteiger charge is -2.01. The predicted molar refractivity (Wildman–Crippen MR) is 49.1 cm³/mol. The summed E-state index contributed by atoms with van der Waals surface area (Å²) in [7, 11) is 1.17. The maximum Gasteiger partial charge on any atom is 0.413 e. The van der Waals surface area contributed by atoms with Gasteiger partial charge >= 0.3 is 6.09 Å². The number of aromatic nitrogens is 1. The van der Waals surface area contributed by atoms with Gasteiger partial charge in [-0.1, -0.05) is 11.6 Å². The molecule has 0 atom stereocenters. The Balaban J connectivity index is 2.75. The van der Waals surface area contributed by atoms with E-state index in [0.29, 0.717) is 0 Å². The van der Waals surface area contributed by atoms with Crippen molar-refractivity contribution >= 4 is 23.6 Å². The molecule has 6 heteroatoms. The second-order valence-electron chi connectivity index (χ2n) is 2.31. The number of amides is 2. The number of rotatable bonds is 1. The summed E-state index contributed by atoms with van der Waals surface area (Å²) in [5, 5.41) is 2.17. The van der Waals surface area contributed by atoms with Crippen molar-refractivity contribution < 1.29 is 14.3 Å². The van der Waals surface area contributed by atoms with Gasteiger partial charge < -0.3 is 4.74 Å². The van der Waals surface area contributed by atoms with E-state index in [-0.39, 0.29) is 10.7 Å². The molecule has 2 amide bonds. The number of nitrogens with one attached hydrogen (secondary N) is 1. The fourth-order valence-corrected chi connectivity index (χ4v) is 0.933. The largest absolute Gasteiger partial charge is 0.453 e. The Morgan fingerprint density at radius 1 is 1.57 bits per heavy atom. The van der Waals surface area contributed by atoms with Gasteiger partial charge in [-0.3, -0.25) is 10.1 Å². The van der Waals surface area contributed by atoms with Crippen molar-refractivity contribution in [3.8, 4) is 0 Å². The Morgan fingerprint density at radius 3 is 2.86 bits per heavy atom. The molecule has 0 spiro atoms. The van der Waals surface area contributed by atoms with Crippen molar-refractivity contribution in [1.29, 1.82) is 0 Å². The van der Waals surface area contributed by atoms with Crippen molar-refractivity contribution in [2.75, 3.05) is 7.11 Å². The summed E-state index contributed by atoms with van der Waals surface area (Å²) in [5.41, 5.74) is 0.246. The number of alkyl carbamates (subject to hydrolysis) is 1. The standard InChI is InChI=1S/C8H7ClN2O3/c1-14-8(13)11-7(12)5-2-3-10-6(9)4-5/h2-4H,1H3,(H,11,12,13). The lowest BCUT2D eigenvalue weighted by atomic mass is 10.2. The van der Waals surface area contributed by atoms with Gasteiger partial charge in [0.2, 0.25) is 0 Å². The van der Waals surface area contributed by atoms with Crippen molar-refractivity contribution in [3.63, 3.8) is 0 Å². The first-order valence-electron chi connectivity index (χ1n) is 3.64. The van der Waals surface area contributed by atoms with Crippen LogP contribution in [0.2, 0.25) is 5.15 Å². The van der Waals surface area contributed by atoms with Gasteiger partial charge in [0.15, 0.2) is 0 Å². The van der Waals surface area contributed by atoms with E-state index in [1.165, 1.54) is 25.4 Å². The van der Waals surface area contributed by atoms with E-state index in [9.17, 15) is 9.59 Å². The van der Waals surface area contributed by atoms with Crippen LogP contribution < -0.4 is 5.32 Å². The van der Waals surface area contributed by atoms with Gasteiger partial charge in [0.05, 0.1) is 7.11 Å². The molecule has 1 rings (SSSR count). The molecule has 74 valence electrons. The summed E-state index contributed by atoms with van der Waals surface area (Å²) in [4.78, 5) is 25.6. The topological polar surface area (TPSA) is 68.3 Å². The number of hydrogen-bond acceptors (Lipinski definition) is 4. The van der Waals surface area contributed by atoms with Crippen molar-refractivity contribution in [1.82, 2.24) is 10.3 Å². The number of imide groups is 1. The van der Waals surface area contributed by atoms with Crippen LogP contribution in [-0.4, -0.2) is 24.1 Å². The second-order valence-corrected chi connectivity index (χ2v) is 2.70. The molecule has 5 nitrogen and oxygen atoms in total. The van der Waals surface area contributed by atoms with Gasteiger partial charge in [0, 0.05) is 11.8 Å². The Kier molecular flexibility index (Phi) is 3.41. The van der Waals surface area contributed by atoms with Crippen LogP contribution in [0.15, 0.2) is 18.3 Å². The molecule has 0 aromatic carbocycles. The SMILES string of the molecule is COC(=O)NC(=O)c1ccnc(Cl)c1. The molecule has 1 N–H and O–H groups in total. The molecule has 0 fully saturated rings. The van der Waals surface area contributed by atoms with Gasteiger partial charge in [0.25, 0.3) is 5.91 Å². The zero-order chi connectivity index (χ0) is 10.6. The van der Waals surface area contributed by atoms with Gasteiger partial charge in [-0.25, -0.2) is 9.78 Å². The first kappa shape index (κ1) is 10.5. The molecule has 0 saturated heterocycles. The van der Waals surface area contributed by atoms with E-state index < -0.39 is 12.0 Å². The average molecular weight is 215 g/mol. The molecule has 1 heterocycles. The van der Waals surface area contributed by atoms with Crippen molar-refractivity contribution in [2.45, 2.75) is 0 Å². The first-order chi connectivity index (χ1) is 6.63. The molecule has 1 aromatic rings. The number of nitrogens with zero attached hydrogens (tertiary/aromatic N) is 1. The van der Waals surface area contributed by atoms with E-state index >= 15 is 0 Å². The zero-order valence-electron chi connectivity index (χ0n) is 7.28. The predicted octanol–water partition coefficient (Wildman–Crippen LogP) is 1.23. The first-order valence-corrected chi connectivity index (χ1v) is 4.02. The minimum Gasteiger partial charge on any atom is -0.453 e. The zero-order valence-corrected chi connectivity index (χ0v) is 8.04. The summed E-state index contributed by atoms with van der Waals surface area (Å²) in [6, 6.07) is 2.78. The number of pyridine rings is 1. The maximum atomic E-state index is 11.3. The number of hydrogen-bond donors (Lipinski definition) is 1. The molecular formula is C8H7ClN2O3. The highest BCUT2D eigenvalue weighted by Crippen LogP contribution is 2.06. The van der Waals surface area contributed by atoms with Gasteiger partial charge in [-0.15, -0.1) is 0 Å². The monoisotopic (exact) mass is 214 g/mol. The third-order valence-corrected chi connectivity index (χ3v) is 1.60. The Hall–Kier alpha value is -1.62. The van der Waals surface area contributed by atoms with Crippen LogP contribution in [0.5, 0.6) is 0 Å². The highest BCUT2D eigenvalue weighted by Gasteiger charge is 2.10. The second kappa shape index (κ2) is 4.57. The van der Waals surface area contributed by atoms with E-state index in [1.807, 2.05) is 5.32 Å². The van der Waals surface area contributed by atoms with E-state index in [4.69, 9.17) is 11.6 Å². The van der Waals surface area contributed by atoms with Crippen LogP contribution in [0.3, 0.4) is 0 Å².